The fourth-order valence-electron chi connectivity index (χ4n) is 6.66. The van der Waals surface area contributed by atoms with Gasteiger partial charge in [0, 0.05) is 5.02 Å². The van der Waals surface area contributed by atoms with E-state index in [1.165, 1.54) is 84.9 Å². The lowest BCUT2D eigenvalue weighted by Crippen LogP contribution is -2.54. The molecule has 0 fully saturated rings. The molecule has 0 aromatic heterocycles. The molecule has 0 amide bonds. The number of hydrogen-bond acceptors (Lipinski definition) is 6. The molecule has 0 aliphatic carbocycles. The third kappa shape index (κ3) is 9.13. The number of rotatable bonds is 12. The van der Waals surface area contributed by atoms with Crippen LogP contribution in [0.15, 0.2) is 165 Å². The number of alkyl halides is 7. The monoisotopic (exact) mass is 920 g/mol. The predicted molar refractivity (Wildman–Crippen MR) is 220 cm³/mol. The van der Waals surface area contributed by atoms with Gasteiger partial charge in [0.25, 0.3) is 0 Å². The van der Waals surface area contributed by atoms with Gasteiger partial charge in [-0.25, -0.2) is 16.8 Å². The average molecular weight is 922 g/mol. The van der Waals surface area contributed by atoms with Gasteiger partial charge in [0.2, 0.25) is 25.1 Å². The van der Waals surface area contributed by atoms with Crippen LogP contribution >= 0.6 is 23.2 Å². The molecule has 6 aromatic rings. The summed E-state index contributed by atoms with van der Waals surface area (Å²) in [6, 6.07) is 29.2. The first-order chi connectivity index (χ1) is 28.3. The molecule has 0 saturated carbocycles. The summed E-state index contributed by atoms with van der Waals surface area (Å²) in [5.41, 5.74) is -6.76. The van der Waals surface area contributed by atoms with E-state index in [1.54, 1.807) is 39.8 Å². The fraction of sp³-hybridized carbons (Fsp3) is 0.200. The summed E-state index contributed by atoms with van der Waals surface area (Å²) in [4.78, 5) is -0.780. The summed E-state index contributed by atoms with van der Waals surface area (Å²) in [6.07, 6.45) is -11.7. The van der Waals surface area contributed by atoms with Crippen molar-refractivity contribution in [1.29, 1.82) is 0 Å². The van der Waals surface area contributed by atoms with E-state index in [9.17, 15) is 43.2 Å². The second-order valence-electron chi connectivity index (χ2n) is 15.0. The van der Waals surface area contributed by atoms with Gasteiger partial charge in [0.15, 0.2) is 0 Å². The lowest BCUT2D eigenvalue weighted by Gasteiger charge is -2.38. The molecule has 0 spiro atoms. The molecule has 61 heavy (non-hydrogen) atoms. The highest BCUT2D eigenvalue weighted by molar-refractivity contribution is 7.91. The van der Waals surface area contributed by atoms with Crippen LogP contribution in [0.5, 0.6) is 17.2 Å². The number of ether oxygens (including phenoxy) is 2. The molecule has 0 aliphatic heterocycles. The highest BCUT2D eigenvalue weighted by Crippen LogP contribution is 2.56. The Morgan fingerprint density at radius 2 is 0.721 bits per heavy atom. The lowest BCUT2D eigenvalue weighted by atomic mass is 9.73. The Labute approximate surface area is 359 Å². The maximum Gasteiger partial charge on any atom is 0.411 e. The van der Waals surface area contributed by atoms with Gasteiger partial charge in [-0.1, -0.05) is 60.1 Å². The van der Waals surface area contributed by atoms with E-state index in [1.807, 2.05) is 0 Å². The van der Waals surface area contributed by atoms with Crippen molar-refractivity contribution in [3.8, 4) is 17.2 Å². The Kier molecular flexibility index (Phi) is 12.2. The number of sulfone groups is 2. The molecule has 0 N–H and O–H groups in total. The van der Waals surface area contributed by atoms with Crippen LogP contribution in [-0.2, 0) is 35.6 Å². The molecule has 6 rings (SSSR count). The summed E-state index contributed by atoms with van der Waals surface area (Å²) in [6.45, 7) is 6.72. The first-order valence-electron chi connectivity index (χ1n) is 18.2. The Morgan fingerprint density at radius 1 is 0.426 bits per heavy atom. The van der Waals surface area contributed by atoms with Gasteiger partial charge < -0.3 is 9.47 Å². The highest BCUT2D eigenvalue weighted by atomic mass is 35.5. The third-order valence-electron chi connectivity index (χ3n) is 10.0. The minimum Gasteiger partial charge on any atom is -0.483 e. The highest BCUT2D eigenvalue weighted by Gasteiger charge is 2.72. The van der Waals surface area contributed by atoms with Crippen molar-refractivity contribution < 1.29 is 52.7 Å². The minimum atomic E-state index is -5.87. The van der Waals surface area contributed by atoms with Crippen LogP contribution in [0.1, 0.15) is 49.9 Å². The quantitative estimate of drug-likeness (QED) is 0.0898. The van der Waals surface area contributed by atoms with Crippen molar-refractivity contribution in [1.82, 2.24) is 0 Å². The van der Waals surface area contributed by atoms with E-state index >= 15 is 0 Å². The first kappa shape index (κ1) is 45.5. The zero-order valence-electron chi connectivity index (χ0n) is 32.6. The van der Waals surface area contributed by atoms with Crippen LogP contribution in [0.4, 0.5) is 26.3 Å². The molecule has 0 unspecified atom stereocenters. The van der Waals surface area contributed by atoms with Crippen LogP contribution in [0.3, 0.4) is 0 Å². The smallest absolute Gasteiger partial charge is 0.411 e. The molecular weight excluding hydrogens is 886 g/mol. The average Bonchev–Trinajstić information content (AvgIpc) is 3.18. The molecule has 6 aromatic carbocycles. The second-order valence-corrected chi connectivity index (χ2v) is 20.2. The fourth-order valence-corrected chi connectivity index (χ4v) is 9.43. The molecule has 0 aliphatic rings. The molecular formula is C45H36Cl2F6O6S2. The van der Waals surface area contributed by atoms with Crippen LogP contribution in [-0.4, -0.2) is 29.2 Å². The largest absolute Gasteiger partial charge is 0.483 e. The van der Waals surface area contributed by atoms with Crippen molar-refractivity contribution in [3.05, 3.63) is 173 Å². The van der Waals surface area contributed by atoms with Gasteiger partial charge in [0.1, 0.15) is 22.8 Å². The standard InChI is InChI=1S/C45H36Cl2F6O6S2/c1-41(2,47)29-9-21-37(22-10-29)61(56,57)40-27-19-35(20-28-40)58-34-15-5-31(6-16-34)43(44(48,49)50,45(51,52)53)32-7-17-36(18-8-32)59-42(3,4)30-11-23-38(24-12-30)60(54,55)39-25-13-33(46)14-26-39/h5-28H,1-4H3. The van der Waals surface area contributed by atoms with Crippen LogP contribution in [0, 0.1) is 0 Å². The minimum absolute atomic E-state index is 0.0131. The molecule has 0 radical (unpaired) electrons. The van der Waals surface area contributed by atoms with Crippen molar-refractivity contribution in [2.75, 3.05) is 0 Å². The van der Waals surface area contributed by atoms with E-state index < -0.39 is 59.0 Å². The van der Waals surface area contributed by atoms with E-state index in [2.05, 4.69) is 0 Å². The van der Waals surface area contributed by atoms with Gasteiger partial charge in [-0.2, -0.15) is 26.3 Å². The topological polar surface area (TPSA) is 86.7 Å². The van der Waals surface area contributed by atoms with Gasteiger partial charge in [-0.05, 0) is 147 Å². The Morgan fingerprint density at radius 3 is 1.08 bits per heavy atom. The summed E-state index contributed by atoms with van der Waals surface area (Å²) >= 11 is 12.2. The summed E-state index contributed by atoms with van der Waals surface area (Å²) < 4.78 is 154. The number of benzene rings is 6. The molecule has 0 atom stereocenters. The van der Waals surface area contributed by atoms with Crippen LogP contribution in [0.25, 0.3) is 0 Å². The molecule has 320 valence electrons. The zero-order valence-corrected chi connectivity index (χ0v) is 35.8. The van der Waals surface area contributed by atoms with E-state index in [0.717, 1.165) is 24.3 Å². The SMILES string of the molecule is CC(C)(Cl)c1ccc(S(=O)(=O)c2ccc(Oc3ccc(C(c4ccc(OC(C)(C)c5ccc(S(=O)(=O)c6ccc(Cl)cc6)cc5)cc4)(C(F)(F)F)C(F)(F)F)cc3)cc2)cc1. The normalized spacial score (nSPS) is 13.2. The van der Waals surface area contributed by atoms with Crippen LogP contribution < -0.4 is 9.47 Å². The predicted octanol–water partition coefficient (Wildman–Crippen LogP) is 13.0. The molecule has 16 heteroatoms. The van der Waals surface area contributed by atoms with Crippen molar-refractivity contribution in [3.63, 3.8) is 0 Å². The third-order valence-corrected chi connectivity index (χ3v) is 14.0. The van der Waals surface area contributed by atoms with Crippen molar-refractivity contribution >= 4 is 42.9 Å². The van der Waals surface area contributed by atoms with Gasteiger partial charge in [0.05, 0.1) is 24.5 Å². The maximum atomic E-state index is 15.0. The molecule has 6 nitrogen and oxygen atoms in total. The van der Waals surface area contributed by atoms with E-state index in [4.69, 9.17) is 32.7 Å². The van der Waals surface area contributed by atoms with Crippen molar-refractivity contribution in [2.24, 2.45) is 0 Å². The lowest BCUT2D eigenvalue weighted by molar-refractivity contribution is -0.288. The van der Waals surface area contributed by atoms with E-state index in [-0.39, 0.29) is 36.8 Å². The number of halogens is 8. The Bertz CT molecular complexity index is 2700. The first-order valence-corrected chi connectivity index (χ1v) is 22.0. The van der Waals surface area contributed by atoms with Gasteiger partial charge in [-0.15, -0.1) is 11.6 Å². The molecule has 0 saturated heterocycles. The number of hydrogen-bond donors (Lipinski definition) is 0. The maximum absolute atomic E-state index is 15.0. The summed E-state index contributed by atoms with van der Waals surface area (Å²) in [5.74, 6) is -0.0968. The Balaban J connectivity index is 1.21. The Hall–Kier alpha value is -5.02. The second kappa shape index (κ2) is 16.4. The van der Waals surface area contributed by atoms with Gasteiger partial charge in [-0.3, -0.25) is 0 Å². The summed E-state index contributed by atoms with van der Waals surface area (Å²) in [7, 11) is -7.84. The van der Waals surface area contributed by atoms with E-state index in [0.29, 0.717) is 40.4 Å². The van der Waals surface area contributed by atoms with Crippen LogP contribution in [0.2, 0.25) is 5.02 Å². The zero-order chi connectivity index (χ0) is 44.8. The summed E-state index contributed by atoms with van der Waals surface area (Å²) in [5, 5.41) is 0.360. The molecule has 0 bridgehead atoms. The van der Waals surface area contributed by atoms with Gasteiger partial charge >= 0.3 is 12.4 Å². The molecule has 0 heterocycles. The van der Waals surface area contributed by atoms with Crippen molar-refractivity contribution in [2.45, 2.75) is 75.5 Å².